The van der Waals surface area contributed by atoms with E-state index in [9.17, 15) is 9.90 Å². The minimum atomic E-state index is -0.732. The quantitative estimate of drug-likeness (QED) is 0.893. The van der Waals surface area contributed by atoms with Crippen LogP contribution >= 0.6 is 0 Å². The Kier molecular flexibility index (Phi) is 5.02. The van der Waals surface area contributed by atoms with E-state index in [-0.39, 0.29) is 5.92 Å². The first kappa shape index (κ1) is 17.2. The first-order valence-electron chi connectivity index (χ1n) is 9.59. The van der Waals surface area contributed by atoms with Gasteiger partial charge < -0.3 is 9.67 Å². The smallest absolute Gasteiger partial charge is 0.308 e. The molecule has 2 atom stereocenters. The van der Waals surface area contributed by atoms with E-state index in [2.05, 4.69) is 19.4 Å². The molecule has 1 aliphatic carbocycles. The summed E-state index contributed by atoms with van der Waals surface area (Å²) in [5.74, 6) is -1.19. The van der Waals surface area contributed by atoms with Crippen molar-refractivity contribution in [3.63, 3.8) is 0 Å². The highest BCUT2D eigenvalue weighted by atomic mass is 16.4. The lowest BCUT2D eigenvalue weighted by Gasteiger charge is -2.26. The van der Waals surface area contributed by atoms with Crippen LogP contribution in [0.5, 0.6) is 0 Å². The summed E-state index contributed by atoms with van der Waals surface area (Å²) in [6.45, 7) is 2.04. The molecule has 1 saturated carbocycles. The van der Waals surface area contributed by atoms with Crippen molar-refractivity contribution in [1.82, 2.24) is 19.4 Å². The van der Waals surface area contributed by atoms with E-state index in [0.717, 1.165) is 18.8 Å². The van der Waals surface area contributed by atoms with Gasteiger partial charge >= 0.3 is 5.97 Å². The Bertz CT molecular complexity index is 739. The fraction of sp³-hybridized carbons (Fsp3) is 0.550. The van der Waals surface area contributed by atoms with E-state index < -0.39 is 11.9 Å². The molecule has 1 saturated heterocycles. The van der Waals surface area contributed by atoms with Gasteiger partial charge in [-0.1, -0.05) is 25.3 Å². The highest BCUT2D eigenvalue weighted by Crippen LogP contribution is 2.34. The number of carboxylic acids is 1. The molecule has 2 aromatic rings. The van der Waals surface area contributed by atoms with Crippen LogP contribution in [-0.4, -0.2) is 43.6 Å². The van der Waals surface area contributed by atoms with Crippen molar-refractivity contribution in [3.05, 3.63) is 48.3 Å². The second-order valence-electron chi connectivity index (χ2n) is 7.58. The first-order chi connectivity index (χ1) is 12.7. The third kappa shape index (κ3) is 3.51. The summed E-state index contributed by atoms with van der Waals surface area (Å²) in [6.07, 6.45) is 12.0. The molecular formula is C20H26N4O2. The topological polar surface area (TPSA) is 71.2 Å². The van der Waals surface area contributed by atoms with Gasteiger partial charge in [0.05, 0.1) is 17.9 Å². The monoisotopic (exact) mass is 354 g/mol. The van der Waals surface area contributed by atoms with Crippen LogP contribution in [0, 0.1) is 5.92 Å². The molecule has 0 bridgehead atoms. The standard InChI is InChI=1S/C20H26N4O2/c25-20(26)18-13-23(12-17(18)19-8-4-5-9-22-19)11-16-10-21-14-24(16)15-6-2-1-3-7-15/h4-5,8-10,14-15,17-18H,1-3,6-7,11-13H2,(H,25,26)/t17-,18-/m1/s1. The average Bonchev–Trinajstić information content (AvgIpc) is 3.31. The number of carbonyl (C=O) groups is 1. The molecule has 6 nitrogen and oxygen atoms in total. The number of pyridine rings is 1. The van der Waals surface area contributed by atoms with Gasteiger partial charge in [0.1, 0.15) is 0 Å². The molecule has 0 unspecified atom stereocenters. The Balaban J connectivity index is 1.49. The second kappa shape index (κ2) is 7.58. The minimum absolute atomic E-state index is 0.0558. The van der Waals surface area contributed by atoms with Crippen molar-refractivity contribution in [2.45, 2.75) is 50.6 Å². The van der Waals surface area contributed by atoms with E-state index in [1.54, 1.807) is 6.20 Å². The zero-order valence-electron chi connectivity index (χ0n) is 15.0. The first-order valence-corrected chi connectivity index (χ1v) is 9.59. The van der Waals surface area contributed by atoms with Crippen molar-refractivity contribution in [1.29, 1.82) is 0 Å². The van der Waals surface area contributed by atoms with Gasteiger partial charge in [-0.2, -0.15) is 0 Å². The second-order valence-corrected chi connectivity index (χ2v) is 7.58. The van der Waals surface area contributed by atoms with Gasteiger partial charge in [0, 0.05) is 49.7 Å². The summed E-state index contributed by atoms with van der Waals surface area (Å²) in [5, 5.41) is 9.68. The Morgan fingerprint density at radius 3 is 2.77 bits per heavy atom. The fourth-order valence-electron chi connectivity index (χ4n) is 4.53. The van der Waals surface area contributed by atoms with Gasteiger partial charge in [-0.05, 0) is 25.0 Å². The lowest BCUT2D eigenvalue weighted by Crippen LogP contribution is -2.25. The highest BCUT2D eigenvalue weighted by Gasteiger charge is 2.39. The van der Waals surface area contributed by atoms with Gasteiger partial charge in [-0.15, -0.1) is 0 Å². The number of hydrogen-bond acceptors (Lipinski definition) is 4. The van der Waals surface area contributed by atoms with Crippen LogP contribution in [0.25, 0.3) is 0 Å². The van der Waals surface area contributed by atoms with Crippen molar-refractivity contribution < 1.29 is 9.90 Å². The van der Waals surface area contributed by atoms with Crippen molar-refractivity contribution >= 4 is 5.97 Å². The van der Waals surface area contributed by atoms with Crippen molar-refractivity contribution in [3.8, 4) is 0 Å². The van der Waals surface area contributed by atoms with Crippen LogP contribution in [0.1, 0.15) is 55.5 Å². The van der Waals surface area contributed by atoms with Gasteiger partial charge in [-0.25, -0.2) is 4.98 Å². The molecule has 2 aliphatic rings. The highest BCUT2D eigenvalue weighted by molar-refractivity contribution is 5.72. The van der Waals surface area contributed by atoms with Gasteiger partial charge in [0.2, 0.25) is 0 Å². The number of rotatable bonds is 5. The molecule has 0 amide bonds. The minimum Gasteiger partial charge on any atom is -0.481 e. The summed E-state index contributed by atoms with van der Waals surface area (Å²) >= 11 is 0. The van der Waals surface area contributed by atoms with Gasteiger partial charge in [0.25, 0.3) is 0 Å². The summed E-state index contributed by atoms with van der Waals surface area (Å²) in [7, 11) is 0. The summed E-state index contributed by atoms with van der Waals surface area (Å²) in [5.41, 5.74) is 2.07. The summed E-state index contributed by atoms with van der Waals surface area (Å²) in [6, 6.07) is 6.29. The largest absolute Gasteiger partial charge is 0.481 e. The van der Waals surface area contributed by atoms with Crippen molar-refractivity contribution in [2.75, 3.05) is 13.1 Å². The SMILES string of the molecule is O=C(O)[C@@H]1CN(Cc2cncn2C2CCCCC2)C[C@H]1c1ccccn1. The van der Waals surface area contributed by atoms with Crippen LogP contribution in [-0.2, 0) is 11.3 Å². The number of imidazole rings is 1. The Hall–Kier alpha value is -2.21. The molecule has 4 rings (SSSR count). The molecule has 26 heavy (non-hydrogen) atoms. The number of aromatic nitrogens is 3. The van der Waals surface area contributed by atoms with E-state index in [0.29, 0.717) is 12.6 Å². The maximum Gasteiger partial charge on any atom is 0.308 e. The molecule has 1 aliphatic heterocycles. The average molecular weight is 354 g/mol. The summed E-state index contributed by atoms with van der Waals surface area (Å²) in [4.78, 5) is 22.8. The lowest BCUT2D eigenvalue weighted by atomic mass is 9.93. The zero-order valence-corrected chi connectivity index (χ0v) is 15.0. The van der Waals surface area contributed by atoms with E-state index >= 15 is 0 Å². The Morgan fingerprint density at radius 1 is 1.19 bits per heavy atom. The molecule has 3 heterocycles. The van der Waals surface area contributed by atoms with E-state index in [4.69, 9.17) is 0 Å². The van der Waals surface area contributed by atoms with Crippen LogP contribution in [0.3, 0.4) is 0 Å². The van der Waals surface area contributed by atoms with Crippen molar-refractivity contribution in [2.24, 2.45) is 5.92 Å². The van der Waals surface area contributed by atoms with E-state index in [1.165, 1.54) is 37.8 Å². The van der Waals surface area contributed by atoms with Crippen LogP contribution in [0.4, 0.5) is 0 Å². The predicted molar refractivity (Wildman–Crippen MR) is 97.7 cm³/mol. The van der Waals surface area contributed by atoms with Gasteiger partial charge in [0.15, 0.2) is 0 Å². The molecular weight excluding hydrogens is 328 g/mol. The molecule has 2 aromatic heterocycles. The third-order valence-corrected chi connectivity index (χ3v) is 5.88. The maximum absolute atomic E-state index is 11.8. The third-order valence-electron chi connectivity index (χ3n) is 5.88. The molecule has 2 fully saturated rings. The van der Waals surface area contributed by atoms with Crippen LogP contribution in [0.2, 0.25) is 0 Å². The molecule has 138 valence electrons. The molecule has 1 N–H and O–H groups in total. The maximum atomic E-state index is 11.8. The number of hydrogen-bond donors (Lipinski definition) is 1. The zero-order chi connectivity index (χ0) is 17.9. The molecule has 0 aromatic carbocycles. The Morgan fingerprint density at radius 2 is 2.04 bits per heavy atom. The number of likely N-dealkylation sites (tertiary alicyclic amines) is 1. The Labute approximate surface area is 153 Å². The number of aliphatic carboxylic acids is 1. The number of nitrogens with zero attached hydrogens (tertiary/aromatic N) is 4. The predicted octanol–water partition coefficient (Wildman–Crippen LogP) is 3.08. The van der Waals surface area contributed by atoms with Gasteiger partial charge in [-0.3, -0.25) is 14.7 Å². The molecule has 0 radical (unpaired) electrons. The van der Waals surface area contributed by atoms with E-state index in [1.807, 2.05) is 30.7 Å². The normalized spacial score (nSPS) is 24.8. The van der Waals surface area contributed by atoms with Crippen LogP contribution in [0.15, 0.2) is 36.9 Å². The lowest BCUT2D eigenvalue weighted by molar-refractivity contribution is -0.141. The molecule has 0 spiro atoms. The fourth-order valence-corrected chi connectivity index (χ4v) is 4.53. The summed E-state index contributed by atoms with van der Waals surface area (Å²) < 4.78 is 2.32. The van der Waals surface area contributed by atoms with Crippen LogP contribution < -0.4 is 0 Å². The molecule has 6 heteroatoms. The number of carboxylic acid groups (broad SMARTS) is 1.